The summed E-state index contributed by atoms with van der Waals surface area (Å²) in [6.07, 6.45) is 0. The molecule has 0 spiro atoms. The van der Waals surface area contributed by atoms with Crippen LogP contribution >= 0.6 is 0 Å². The molecule has 74 valence electrons. The van der Waals surface area contributed by atoms with E-state index in [1.54, 1.807) is 0 Å². The van der Waals surface area contributed by atoms with Crippen molar-refractivity contribution in [1.29, 1.82) is 0 Å². The Hall–Kier alpha value is -0.130. The molecular formula is C7H16BrNO3. The van der Waals surface area contributed by atoms with E-state index in [0.29, 0.717) is 6.61 Å². The van der Waals surface area contributed by atoms with Gasteiger partial charge in [-0.15, -0.1) is 0 Å². The number of carbonyl (C=O) groups is 1. The summed E-state index contributed by atoms with van der Waals surface area (Å²) in [5, 5.41) is 8.28. The van der Waals surface area contributed by atoms with E-state index in [2.05, 4.69) is 4.74 Å². The highest BCUT2D eigenvalue weighted by atomic mass is 79.9. The number of hydrogen-bond donors (Lipinski definition) is 1. The van der Waals surface area contributed by atoms with E-state index in [4.69, 9.17) is 5.11 Å². The molecule has 0 aliphatic carbocycles. The molecule has 0 aromatic rings. The number of likely N-dealkylation sites (N-methyl/N-ethyl adjacent to an activating group) is 1. The number of ether oxygens (including phenoxy) is 1. The predicted molar refractivity (Wildman–Crippen MR) is 40.9 cm³/mol. The zero-order chi connectivity index (χ0) is 8.91. The van der Waals surface area contributed by atoms with Crippen LogP contribution in [0.15, 0.2) is 0 Å². The van der Waals surface area contributed by atoms with Gasteiger partial charge in [-0.25, -0.2) is 4.79 Å². The molecule has 0 aromatic carbocycles. The number of quaternary nitrogens is 1. The van der Waals surface area contributed by atoms with E-state index >= 15 is 0 Å². The lowest BCUT2D eigenvalue weighted by Crippen LogP contribution is -3.00. The van der Waals surface area contributed by atoms with Gasteiger partial charge in [-0.3, -0.25) is 0 Å². The molecule has 0 saturated carbocycles. The Kier molecular flexibility index (Phi) is 7.67. The van der Waals surface area contributed by atoms with E-state index in [1.165, 1.54) is 0 Å². The molecule has 0 aliphatic rings. The molecule has 0 aromatic heterocycles. The summed E-state index contributed by atoms with van der Waals surface area (Å²) >= 11 is 0. The monoisotopic (exact) mass is 241 g/mol. The molecule has 0 unspecified atom stereocenters. The third-order valence-electron chi connectivity index (χ3n) is 1.15. The Balaban J connectivity index is 0. The number of rotatable bonds is 4. The zero-order valence-electron chi connectivity index (χ0n) is 7.71. The van der Waals surface area contributed by atoms with Gasteiger partial charge in [0.25, 0.3) is 0 Å². The molecule has 1 N–H and O–H groups in total. The summed E-state index contributed by atoms with van der Waals surface area (Å²) in [5.41, 5.74) is 0. The van der Waals surface area contributed by atoms with Crippen LogP contribution in [0, 0.1) is 0 Å². The van der Waals surface area contributed by atoms with Crippen molar-refractivity contribution in [1.82, 2.24) is 0 Å². The molecule has 5 heteroatoms. The summed E-state index contributed by atoms with van der Waals surface area (Å²) in [7, 11) is 6.02. The molecule has 0 heterocycles. The Morgan fingerprint density at radius 2 is 1.92 bits per heavy atom. The van der Waals surface area contributed by atoms with Gasteiger partial charge in [-0.05, 0) is 0 Å². The minimum Gasteiger partial charge on any atom is -1.00 e. The number of esters is 1. The van der Waals surface area contributed by atoms with Gasteiger partial charge in [0.1, 0.15) is 19.8 Å². The average molecular weight is 242 g/mol. The SMILES string of the molecule is C[N+](C)(C)CCOC(=O)CO.[Br-]. The van der Waals surface area contributed by atoms with Gasteiger partial charge in [0.15, 0.2) is 0 Å². The zero-order valence-corrected chi connectivity index (χ0v) is 9.30. The van der Waals surface area contributed by atoms with Gasteiger partial charge in [-0.2, -0.15) is 0 Å². The Bertz CT molecular complexity index is 133. The Labute approximate surface area is 83.5 Å². The van der Waals surface area contributed by atoms with Crippen LogP contribution in [0.4, 0.5) is 0 Å². The fraction of sp³-hybridized carbons (Fsp3) is 0.857. The van der Waals surface area contributed by atoms with Crippen molar-refractivity contribution in [2.24, 2.45) is 0 Å². The lowest BCUT2D eigenvalue weighted by molar-refractivity contribution is -0.870. The summed E-state index contributed by atoms with van der Waals surface area (Å²) in [6.45, 7) is 0.589. The maximum Gasteiger partial charge on any atom is 0.332 e. The summed E-state index contributed by atoms with van der Waals surface area (Å²) in [4.78, 5) is 10.4. The van der Waals surface area contributed by atoms with Crippen LogP contribution in [-0.4, -0.2) is 56.5 Å². The highest BCUT2D eigenvalue weighted by Gasteiger charge is 2.07. The molecule has 0 aliphatic heterocycles. The van der Waals surface area contributed by atoms with Crippen LogP contribution < -0.4 is 17.0 Å². The number of hydrogen-bond acceptors (Lipinski definition) is 3. The first-order chi connectivity index (χ1) is 4.95. The molecular weight excluding hydrogens is 226 g/mol. The molecule has 0 bridgehead atoms. The fourth-order valence-corrected chi connectivity index (χ4v) is 0.479. The average Bonchev–Trinajstić information content (AvgIpc) is 1.85. The van der Waals surface area contributed by atoms with Crippen LogP contribution in [-0.2, 0) is 9.53 Å². The topological polar surface area (TPSA) is 46.5 Å². The van der Waals surface area contributed by atoms with Crippen molar-refractivity contribution in [2.45, 2.75) is 0 Å². The minimum absolute atomic E-state index is 0. The Morgan fingerprint density at radius 3 is 2.25 bits per heavy atom. The standard InChI is InChI=1S/C7H16NO3.BrH/c1-8(2,3)4-5-11-7(10)6-9;/h9H,4-6H2,1-3H3;1H/q+1;/p-1. The number of aliphatic hydroxyl groups is 1. The van der Waals surface area contributed by atoms with E-state index < -0.39 is 12.6 Å². The second kappa shape index (κ2) is 6.39. The first-order valence-corrected chi connectivity index (χ1v) is 3.52. The number of nitrogens with zero attached hydrogens (tertiary/aromatic N) is 1. The summed E-state index contributed by atoms with van der Waals surface area (Å²) in [6, 6.07) is 0. The van der Waals surface area contributed by atoms with Crippen LogP contribution in [0.1, 0.15) is 0 Å². The molecule has 0 rings (SSSR count). The van der Waals surface area contributed by atoms with Crippen molar-refractivity contribution < 1.29 is 36.1 Å². The molecule has 0 fully saturated rings. The normalized spacial score (nSPS) is 10.3. The van der Waals surface area contributed by atoms with Crippen molar-refractivity contribution in [2.75, 3.05) is 40.9 Å². The lowest BCUT2D eigenvalue weighted by atomic mass is 10.5. The van der Waals surface area contributed by atoms with Crippen molar-refractivity contribution >= 4 is 5.97 Å². The maximum atomic E-state index is 10.4. The van der Waals surface area contributed by atoms with Crippen LogP contribution in [0.5, 0.6) is 0 Å². The highest BCUT2D eigenvalue weighted by molar-refractivity contribution is 5.70. The number of carbonyl (C=O) groups excluding carboxylic acids is 1. The van der Waals surface area contributed by atoms with Gasteiger partial charge in [-0.1, -0.05) is 0 Å². The van der Waals surface area contributed by atoms with Gasteiger partial charge in [0, 0.05) is 0 Å². The van der Waals surface area contributed by atoms with Crippen molar-refractivity contribution in [3.8, 4) is 0 Å². The third-order valence-corrected chi connectivity index (χ3v) is 1.15. The maximum absolute atomic E-state index is 10.4. The fourth-order valence-electron chi connectivity index (χ4n) is 0.479. The number of halogens is 1. The van der Waals surface area contributed by atoms with E-state index in [-0.39, 0.29) is 17.0 Å². The number of aliphatic hydroxyl groups excluding tert-OH is 1. The first kappa shape index (κ1) is 14.4. The van der Waals surface area contributed by atoms with E-state index in [1.807, 2.05) is 21.1 Å². The molecule has 0 amide bonds. The Morgan fingerprint density at radius 1 is 1.42 bits per heavy atom. The minimum atomic E-state index is -0.557. The van der Waals surface area contributed by atoms with Gasteiger partial charge in [0.05, 0.1) is 21.1 Å². The molecule has 12 heavy (non-hydrogen) atoms. The van der Waals surface area contributed by atoms with Crippen molar-refractivity contribution in [3.63, 3.8) is 0 Å². The van der Waals surface area contributed by atoms with E-state index in [0.717, 1.165) is 11.0 Å². The summed E-state index contributed by atoms with van der Waals surface area (Å²) in [5.74, 6) is -0.557. The van der Waals surface area contributed by atoms with Gasteiger partial charge >= 0.3 is 5.97 Å². The van der Waals surface area contributed by atoms with E-state index in [9.17, 15) is 4.79 Å². The highest BCUT2D eigenvalue weighted by Crippen LogP contribution is 1.89. The van der Waals surface area contributed by atoms with Crippen molar-refractivity contribution in [3.05, 3.63) is 0 Å². The predicted octanol–water partition coefficient (Wildman–Crippen LogP) is -3.77. The van der Waals surface area contributed by atoms with Crippen LogP contribution in [0.25, 0.3) is 0 Å². The molecule has 0 saturated heterocycles. The first-order valence-electron chi connectivity index (χ1n) is 3.52. The second-order valence-electron chi connectivity index (χ2n) is 3.39. The van der Waals surface area contributed by atoms with Gasteiger partial charge < -0.3 is 31.3 Å². The third kappa shape index (κ3) is 9.87. The largest absolute Gasteiger partial charge is 1.00 e. The lowest BCUT2D eigenvalue weighted by Gasteiger charge is -2.23. The smallest absolute Gasteiger partial charge is 0.332 e. The quantitative estimate of drug-likeness (QED) is 0.407. The van der Waals surface area contributed by atoms with Gasteiger partial charge in [0.2, 0.25) is 0 Å². The van der Waals surface area contributed by atoms with Crippen LogP contribution in [0.3, 0.4) is 0 Å². The van der Waals surface area contributed by atoms with Crippen LogP contribution in [0.2, 0.25) is 0 Å². The molecule has 0 radical (unpaired) electrons. The molecule has 4 nitrogen and oxygen atoms in total. The molecule has 0 atom stereocenters. The summed E-state index contributed by atoms with van der Waals surface area (Å²) < 4.78 is 5.41. The second-order valence-corrected chi connectivity index (χ2v) is 3.39.